The third-order valence-corrected chi connectivity index (χ3v) is 4.56. The smallest absolute Gasteiger partial charge is 0.269 e. The van der Waals surface area contributed by atoms with Crippen LogP contribution in [0.5, 0.6) is 11.5 Å². The van der Waals surface area contributed by atoms with E-state index in [1.807, 2.05) is 6.07 Å². The Kier molecular flexibility index (Phi) is 6.44. The van der Waals surface area contributed by atoms with Gasteiger partial charge in [0.25, 0.3) is 5.69 Å². The van der Waals surface area contributed by atoms with E-state index in [1.54, 1.807) is 32.4 Å². The lowest BCUT2D eigenvalue weighted by Gasteiger charge is -2.07. The summed E-state index contributed by atoms with van der Waals surface area (Å²) in [6, 6.07) is 10.3. The summed E-state index contributed by atoms with van der Waals surface area (Å²) < 4.78 is 16.0. The van der Waals surface area contributed by atoms with E-state index in [1.165, 1.54) is 12.1 Å². The van der Waals surface area contributed by atoms with E-state index in [2.05, 4.69) is 10.5 Å². The summed E-state index contributed by atoms with van der Waals surface area (Å²) in [5, 5.41) is 19.1. The van der Waals surface area contributed by atoms with Gasteiger partial charge in [-0.15, -0.1) is 0 Å². The Morgan fingerprint density at radius 1 is 1.07 bits per heavy atom. The predicted molar refractivity (Wildman–Crippen MR) is 105 cm³/mol. The Labute approximate surface area is 162 Å². The second-order valence-corrected chi connectivity index (χ2v) is 6.36. The first-order valence-electron chi connectivity index (χ1n) is 9.06. The molecule has 8 nitrogen and oxygen atoms in total. The molecule has 148 valence electrons. The van der Waals surface area contributed by atoms with Gasteiger partial charge in [-0.3, -0.25) is 10.1 Å². The average Bonchev–Trinajstić information content (AvgIpc) is 3.11. The monoisotopic (exact) mass is 385 g/mol. The fourth-order valence-corrected chi connectivity index (χ4v) is 3.02. The van der Waals surface area contributed by atoms with Crippen LogP contribution in [-0.2, 0) is 12.8 Å². The molecule has 28 heavy (non-hydrogen) atoms. The molecule has 2 aromatic carbocycles. The van der Waals surface area contributed by atoms with Crippen molar-refractivity contribution in [1.82, 2.24) is 10.5 Å². The van der Waals surface area contributed by atoms with Crippen LogP contribution in [0.1, 0.15) is 17.7 Å². The molecule has 3 aromatic rings. The number of nitrogens with zero attached hydrogens (tertiary/aromatic N) is 2. The van der Waals surface area contributed by atoms with Crippen LogP contribution in [0, 0.1) is 10.1 Å². The van der Waals surface area contributed by atoms with E-state index in [0.29, 0.717) is 17.1 Å². The normalized spacial score (nSPS) is 10.9. The van der Waals surface area contributed by atoms with Gasteiger partial charge in [0.05, 0.1) is 24.8 Å². The van der Waals surface area contributed by atoms with E-state index < -0.39 is 0 Å². The van der Waals surface area contributed by atoms with Crippen molar-refractivity contribution in [2.45, 2.75) is 19.3 Å². The lowest BCUT2D eigenvalue weighted by Crippen LogP contribution is -2.19. The number of benzene rings is 2. The Balaban J connectivity index is 1.45. The van der Waals surface area contributed by atoms with Crippen molar-refractivity contribution >= 4 is 16.7 Å². The number of hydrogen-bond acceptors (Lipinski definition) is 7. The van der Waals surface area contributed by atoms with Crippen LogP contribution in [0.4, 0.5) is 5.69 Å². The highest BCUT2D eigenvalue weighted by Gasteiger charge is 2.13. The number of nitro groups is 1. The lowest BCUT2D eigenvalue weighted by molar-refractivity contribution is -0.384. The van der Waals surface area contributed by atoms with Gasteiger partial charge in [0.1, 0.15) is 0 Å². The summed E-state index contributed by atoms with van der Waals surface area (Å²) >= 11 is 0. The number of rotatable bonds is 10. The van der Waals surface area contributed by atoms with Gasteiger partial charge in [0.15, 0.2) is 17.1 Å². The number of nitro benzene ring substituents is 1. The number of nitrogens with one attached hydrogen (secondary N) is 1. The molecule has 1 N–H and O–H groups in total. The van der Waals surface area contributed by atoms with E-state index in [4.69, 9.17) is 14.0 Å². The van der Waals surface area contributed by atoms with Crippen LogP contribution in [0.3, 0.4) is 0 Å². The van der Waals surface area contributed by atoms with E-state index in [-0.39, 0.29) is 10.6 Å². The summed E-state index contributed by atoms with van der Waals surface area (Å²) in [5.74, 6) is 1.27. The molecular weight excluding hydrogens is 362 g/mol. The molecule has 0 amide bonds. The first-order chi connectivity index (χ1) is 13.6. The minimum Gasteiger partial charge on any atom is -0.493 e. The number of methoxy groups -OCH3 is 2. The van der Waals surface area contributed by atoms with Gasteiger partial charge in [-0.05, 0) is 44.0 Å². The summed E-state index contributed by atoms with van der Waals surface area (Å²) in [6.45, 7) is 1.65. The Morgan fingerprint density at radius 2 is 1.79 bits per heavy atom. The van der Waals surface area contributed by atoms with Gasteiger partial charge in [-0.1, -0.05) is 17.3 Å². The molecule has 1 heterocycles. The van der Waals surface area contributed by atoms with Crippen molar-refractivity contribution in [3.05, 3.63) is 57.8 Å². The molecule has 0 atom stereocenters. The van der Waals surface area contributed by atoms with Crippen LogP contribution in [0.2, 0.25) is 0 Å². The first-order valence-corrected chi connectivity index (χ1v) is 9.06. The van der Waals surface area contributed by atoms with Crippen molar-refractivity contribution in [2.75, 3.05) is 27.3 Å². The minimum atomic E-state index is -0.388. The summed E-state index contributed by atoms with van der Waals surface area (Å²) in [5.41, 5.74) is 2.76. The van der Waals surface area contributed by atoms with E-state index in [9.17, 15) is 10.1 Å². The van der Waals surface area contributed by atoms with E-state index >= 15 is 0 Å². The molecule has 0 aliphatic carbocycles. The summed E-state index contributed by atoms with van der Waals surface area (Å²) in [6.07, 6.45) is 2.52. The first kappa shape index (κ1) is 19.6. The molecule has 0 fully saturated rings. The number of aromatic nitrogens is 1. The minimum absolute atomic E-state index is 0.116. The molecule has 0 aliphatic rings. The summed E-state index contributed by atoms with van der Waals surface area (Å²) in [7, 11) is 3.19. The van der Waals surface area contributed by atoms with Crippen LogP contribution in [0.15, 0.2) is 40.9 Å². The standard InChI is InChI=1S/C20H23N3O5/c1-26-19-12-16-17(22-28-18(16)13-20(19)27-2)4-3-10-21-11-9-14-5-7-15(8-6-14)23(24)25/h5-8,12-13,21H,3-4,9-11H2,1-2H3. The molecule has 0 saturated carbocycles. The van der Waals surface area contributed by atoms with Crippen molar-refractivity contribution in [1.29, 1.82) is 0 Å². The molecule has 0 bridgehead atoms. The zero-order valence-corrected chi connectivity index (χ0v) is 15.9. The molecule has 3 rings (SSSR count). The maximum Gasteiger partial charge on any atom is 0.269 e. The van der Waals surface area contributed by atoms with Gasteiger partial charge >= 0.3 is 0 Å². The van der Waals surface area contributed by atoms with Crippen LogP contribution in [-0.4, -0.2) is 37.4 Å². The van der Waals surface area contributed by atoms with Gasteiger partial charge in [0.2, 0.25) is 0 Å². The number of fused-ring (bicyclic) bond motifs is 1. The average molecular weight is 385 g/mol. The lowest BCUT2D eigenvalue weighted by atomic mass is 10.1. The van der Waals surface area contributed by atoms with Crippen LogP contribution < -0.4 is 14.8 Å². The van der Waals surface area contributed by atoms with Crippen molar-refractivity contribution in [3.63, 3.8) is 0 Å². The molecule has 0 radical (unpaired) electrons. The molecule has 1 aromatic heterocycles. The SMILES string of the molecule is COc1cc2onc(CCCNCCc3ccc([N+](=O)[O-])cc3)c2cc1OC. The quantitative estimate of drug-likeness (QED) is 0.324. The highest BCUT2D eigenvalue weighted by atomic mass is 16.6. The molecule has 0 unspecified atom stereocenters. The third kappa shape index (κ3) is 4.58. The maximum absolute atomic E-state index is 10.7. The second kappa shape index (κ2) is 9.18. The number of hydrogen-bond donors (Lipinski definition) is 1. The highest BCUT2D eigenvalue weighted by molar-refractivity contribution is 5.83. The molecule has 0 aliphatic heterocycles. The summed E-state index contributed by atoms with van der Waals surface area (Å²) in [4.78, 5) is 10.3. The van der Waals surface area contributed by atoms with E-state index in [0.717, 1.165) is 49.0 Å². The van der Waals surface area contributed by atoms with Crippen molar-refractivity contribution < 1.29 is 18.9 Å². The topological polar surface area (TPSA) is 99.7 Å². The van der Waals surface area contributed by atoms with Gasteiger partial charge in [-0.25, -0.2) is 0 Å². The zero-order valence-electron chi connectivity index (χ0n) is 15.9. The molecule has 8 heteroatoms. The van der Waals surface area contributed by atoms with Crippen LogP contribution >= 0.6 is 0 Å². The Bertz CT molecular complexity index is 937. The fraction of sp³-hybridized carbons (Fsp3) is 0.350. The molecular formula is C20H23N3O5. The maximum atomic E-state index is 10.7. The van der Waals surface area contributed by atoms with Gasteiger partial charge in [0, 0.05) is 23.6 Å². The van der Waals surface area contributed by atoms with Crippen LogP contribution in [0.25, 0.3) is 11.0 Å². The highest BCUT2D eigenvalue weighted by Crippen LogP contribution is 2.33. The van der Waals surface area contributed by atoms with Gasteiger partial charge < -0.3 is 19.3 Å². The number of non-ortho nitro benzene ring substituents is 1. The Morgan fingerprint density at radius 3 is 2.46 bits per heavy atom. The number of ether oxygens (including phenoxy) is 2. The predicted octanol–water partition coefficient (Wildman–Crippen LogP) is 3.52. The third-order valence-electron chi connectivity index (χ3n) is 4.56. The largest absolute Gasteiger partial charge is 0.493 e. The molecule has 0 saturated heterocycles. The van der Waals surface area contributed by atoms with Crippen molar-refractivity contribution in [2.24, 2.45) is 0 Å². The zero-order chi connectivity index (χ0) is 19.9. The Hall–Kier alpha value is -3.13. The number of aryl methyl sites for hydroxylation is 1. The molecule has 0 spiro atoms. The van der Waals surface area contributed by atoms with Crippen molar-refractivity contribution in [3.8, 4) is 11.5 Å². The fourth-order valence-electron chi connectivity index (χ4n) is 3.02. The van der Waals surface area contributed by atoms with Gasteiger partial charge in [-0.2, -0.15) is 0 Å². The second-order valence-electron chi connectivity index (χ2n) is 6.36.